The molecule has 0 unspecified atom stereocenters. The first-order valence-electron chi connectivity index (χ1n) is 6.49. The van der Waals surface area contributed by atoms with Crippen molar-refractivity contribution in [3.8, 4) is 5.69 Å². The quantitative estimate of drug-likeness (QED) is 0.616. The summed E-state index contributed by atoms with van der Waals surface area (Å²) in [5.41, 5.74) is 4.48. The number of rotatable bonds is 3. The third-order valence-electron chi connectivity index (χ3n) is 3.36. The highest BCUT2D eigenvalue weighted by Gasteiger charge is 2.13. The summed E-state index contributed by atoms with van der Waals surface area (Å²) < 4.78 is 3.26. The van der Waals surface area contributed by atoms with Gasteiger partial charge in [0.15, 0.2) is 0 Å². The third-order valence-corrected chi connectivity index (χ3v) is 4.08. The summed E-state index contributed by atoms with van der Waals surface area (Å²) in [7, 11) is 0. The molecule has 0 aliphatic carbocycles. The zero-order chi connectivity index (χ0) is 14.1. The van der Waals surface area contributed by atoms with Gasteiger partial charge in [-0.05, 0) is 42.8 Å². The average molecular weight is 350 g/mol. The lowest BCUT2D eigenvalue weighted by molar-refractivity contribution is 0.912. The molecule has 3 rings (SSSR count). The molecule has 0 N–H and O–H groups in total. The van der Waals surface area contributed by atoms with Crippen molar-refractivity contribution in [2.45, 2.75) is 13.3 Å². The van der Waals surface area contributed by atoms with Crippen LogP contribution >= 0.6 is 27.5 Å². The van der Waals surface area contributed by atoms with Crippen LogP contribution in [-0.4, -0.2) is 15.4 Å². The molecule has 102 valence electrons. The topological polar surface area (TPSA) is 17.8 Å². The number of hydrogen-bond acceptors (Lipinski definition) is 1. The molecule has 0 spiro atoms. The molecule has 1 heterocycles. The van der Waals surface area contributed by atoms with E-state index < -0.39 is 0 Å². The fourth-order valence-corrected chi connectivity index (χ4v) is 2.85. The SMILES string of the molecule is Cc1cccc2c1nc(CCCl)n2-c1ccc(Br)cc1. The van der Waals surface area contributed by atoms with Gasteiger partial charge in [-0.1, -0.05) is 28.1 Å². The van der Waals surface area contributed by atoms with Gasteiger partial charge in [0.2, 0.25) is 0 Å². The fraction of sp³-hybridized carbons (Fsp3) is 0.188. The van der Waals surface area contributed by atoms with Gasteiger partial charge in [0.05, 0.1) is 11.0 Å². The highest BCUT2D eigenvalue weighted by Crippen LogP contribution is 2.25. The van der Waals surface area contributed by atoms with Gasteiger partial charge in [-0.2, -0.15) is 0 Å². The molecule has 1 aromatic heterocycles. The van der Waals surface area contributed by atoms with Crippen molar-refractivity contribution in [3.63, 3.8) is 0 Å². The van der Waals surface area contributed by atoms with E-state index in [4.69, 9.17) is 16.6 Å². The molecule has 0 radical (unpaired) electrons. The zero-order valence-electron chi connectivity index (χ0n) is 11.1. The molecule has 0 atom stereocenters. The van der Waals surface area contributed by atoms with Crippen LogP contribution in [0.1, 0.15) is 11.4 Å². The maximum Gasteiger partial charge on any atom is 0.115 e. The molecule has 0 aliphatic heterocycles. The second kappa shape index (κ2) is 5.58. The number of halogens is 2. The summed E-state index contributed by atoms with van der Waals surface area (Å²) in [5, 5.41) is 0. The number of aromatic nitrogens is 2. The first-order valence-corrected chi connectivity index (χ1v) is 7.82. The normalized spacial score (nSPS) is 11.2. The summed E-state index contributed by atoms with van der Waals surface area (Å²) in [6, 6.07) is 14.5. The van der Waals surface area contributed by atoms with Crippen molar-refractivity contribution in [1.29, 1.82) is 0 Å². The highest BCUT2D eigenvalue weighted by molar-refractivity contribution is 9.10. The first-order chi connectivity index (χ1) is 9.70. The molecule has 2 aromatic carbocycles. The molecule has 3 aromatic rings. The van der Waals surface area contributed by atoms with Gasteiger partial charge >= 0.3 is 0 Å². The Morgan fingerprint density at radius 2 is 1.90 bits per heavy atom. The Morgan fingerprint density at radius 3 is 2.60 bits per heavy atom. The number of hydrogen-bond donors (Lipinski definition) is 0. The van der Waals surface area contributed by atoms with Crippen LogP contribution in [0, 0.1) is 6.92 Å². The van der Waals surface area contributed by atoms with Gasteiger partial charge in [-0.15, -0.1) is 11.6 Å². The molecule has 0 bridgehead atoms. The lowest BCUT2D eigenvalue weighted by Gasteiger charge is -2.08. The Morgan fingerprint density at radius 1 is 1.15 bits per heavy atom. The minimum absolute atomic E-state index is 0.568. The average Bonchev–Trinajstić information content (AvgIpc) is 2.80. The van der Waals surface area contributed by atoms with Crippen LogP contribution in [0.2, 0.25) is 0 Å². The maximum atomic E-state index is 5.93. The highest BCUT2D eigenvalue weighted by atomic mass is 79.9. The van der Waals surface area contributed by atoms with Gasteiger partial charge in [-0.3, -0.25) is 4.57 Å². The summed E-state index contributed by atoms with van der Waals surface area (Å²) in [4.78, 5) is 4.77. The van der Waals surface area contributed by atoms with Gasteiger partial charge < -0.3 is 0 Å². The van der Waals surface area contributed by atoms with Gasteiger partial charge in [0, 0.05) is 22.5 Å². The standard InChI is InChI=1S/C16H14BrClN2/c1-11-3-2-4-14-16(11)19-15(9-10-18)20(14)13-7-5-12(17)6-8-13/h2-8H,9-10H2,1H3. The van der Waals surface area contributed by atoms with E-state index in [1.54, 1.807) is 0 Å². The van der Waals surface area contributed by atoms with E-state index >= 15 is 0 Å². The van der Waals surface area contributed by atoms with Crippen LogP contribution < -0.4 is 0 Å². The number of imidazole rings is 1. The molecule has 2 nitrogen and oxygen atoms in total. The Balaban J connectivity index is 2.28. The number of alkyl halides is 1. The van der Waals surface area contributed by atoms with E-state index in [1.807, 2.05) is 12.1 Å². The number of aryl methyl sites for hydroxylation is 2. The number of nitrogens with zero attached hydrogens (tertiary/aromatic N) is 2. The zero-order valence-corrected chi connectivity index (χ0v) is 13.4. The Labute approximate surface area is 131 Å². The van der Waals surface area contributed by atoms with Crippen LogP contribution in [-0.2, 0) is 6.42 Å². The summed E-state index contributed by atoms with van der Waals surface area (Å²) >= 11 is 9.40. The maximum absolute atomic E-state index is 5.93. The van der Waals surface area contributed by atoms with E-state index in [1.165, 1.54) is 5.56 Å². The lowest BCUT2D eigenvalue weighted by Crippen LogP contribution is -2.01. The Kier molecular flexibility index (Phi) is 3.81. The predicted octanol–water partition coefficient (Wildman–Crippen LogP) is 4.88. The molecule has 0 amide bonds. The molecular weight excluding hydrogens is 336 g/mol. The van der Waals surface area contributed by atoms with Crippen LogP contribution in [0.25, 0.3) is 16.7 Å². The van der Waals surface area contributed by atoms with Crippen LogP contribution in [0.15, 0.2) is 46.9 Å². The summed E-state index contributed by atoms with van der Waals surface area (Å²) in [6.07, 6.45) is 0.756. The lowest BCUT2D eigenvalue weighted by atomic mass is 10.2. The van der Waals surface area contributed by atoms with E-state index in [-0.39, 0.29) is 0 Å². The second-order valence-electron chi connectivity index (χ2n) is 4.72. The van der Waals surface area contributed by atoms with Crippen LogP contribution in [0.4, 0.5) is 0 Å². The van der Waals surface area contributed by atoms with E-state index in [9.17, 15) is 0 Å². The van der Waals surface area contributed by atoms with Gasteiger partial charge in [-0.25, -0.2) is 4.98 Å². The van der Waals surface area contributed by atoms with E-state index in [0.717, 1.165) is 33.4 Å². The van der Waals surface area contributed by atoms with Crippen molar-refractivity contribution >= 4 is 38.6 Å². The van der Waals surface area contributed by atoms with Crippen LogP contribution in [0.5, 0.6) is 0 Å². The first kappa shape index (κ1) is 13.7. The van der Waals surface area contributed by atoms with Crippen molar-refractivity contribution in [1.82, 2.24) is 9.55 Å². The van der Waals surface area contributed by atoms with Crippen molar-refractivity contribution in [2.24, 2.45) is 0 Å². The van der Waals surface area contributed by atoms with Crippen LogP contribution in [0.3, 0.4) is 0 Å². The third kappa shape index (κ3) is 2.36. The van der Waals surface area contributed by atoms with Gasteiger partial charge in [0.25, 0.3) is 0 Å². The fourth-order valence-electron chi connectivity index (χ4n) is 2.42. The monoisotopic (exact) mass is 348 g/mol. The number of para-hydroxylation sites is 1. The largest absolute Gasteiger partial charge is 0.296 e. The van der Waals surface area contributed by atoms with E-state index in [0.29, 0.717) is 5.88 Å². The minimum atomic E-state index is 0.568. The Bertz CT molecular complexity index is 747. The number of fused-ring (bicyclic) bond motifs is 1. The Hall–Kier alpha value is -1.32. The number of benzene rings is 2. The van der Waals surface area contributed by atoms with Crippen molar-refractivity contribution < 1.29 is 0 Å². The molecule has 0 aliphatic rings. The molecule has 0 fully saturated rings. The summed E-state index contributed by atoms with van der Waals surface area (Å²) in [6.45, 7) is 2.09. The van der Waals surface area contributed by atoms with Crippen molar-refractivity contribution in [2.75, 3.05) is 5.88 Å². The van der Waals surface area contributed by atoms with Gasteiger partial charge in [0.1, 0.15) is 5.82 Å². The molecular formula is C16H14BrClN2. The molecule has 0 saturated heterocycles. The molecule has 20 heavy (non-hydrogen) atoms. The summed E-state index contributed by atoms with van der Waals surface area (Å²) in [5.74, 6) is 1.57. The molecule has 0 saturated carbocycles. The predicted molar refractivity (Wildman–Crippen MR) is 87.9 cm³/mol. The van der Waals surface area contributed by atoms with E-state index in [2.05, 4.69) is 57.8 Å². The second-order valence-corrected chi connectivity index (χ2v) is 6.02. The van der Waals surface area contributed by atoms with Crippen molar-refractivity contribution in [3.05, 3.63) is 58.3 Å². The molecule has 4 heteroatoms. The minimum Gasteiger partial charge on any atom is -0.296 e. The smallest absolute Gasteiger partial charge is 0.115 e.